The molecule has 0 bridgehead atoms. The lowest BCUT2D eigenvalue weighted by Gasteiger charge is -2.17. The van der Waals surface area contributed by atoms with Gasteiger partial charge in [-0.25, -0.2) is 4.39 Å². The molecule has 17 heavy (non-hydrogen) atoms. The minimum Gasteiger partial charge on any atom is -0.309 e. The summed E-state index contributed by atoms with van der Waals surface area (Å²) in [7, 11) is -0.824. The van der Waals surface area contributed by atoms with Crippen molar-refractivity contribution in [2.45, 2.75) is 24.6 Å². The Labute approximate surface area is 112 Å². The standard InChI is InChI=1S/C12H15BrFNOS/c1-8-4-5-15-12(7-17(8)16)10-3-2-9(14)6-11(10)13/h2-3,6,8,12,15H,4-5,7H2,1H3. The van der Waals surface area contributed by atoms with Gasteiger partial charge < -0.3 is 5.32 Å². The fourth-order valence-electron chi connectivity index (χ4n) is 1.96. The van der Waals surface area contributed by atoms with Crippen LogP contribution in [0.3, 0.4) is 0 Å². The van der Waals surface area contributed by atoms with E-state index >= 15 is 0 Å². The van der Waals surface area contributed by atoms with E-state index in [1.165, 1.54) is 12.1 Å². The summed E-state index contributed by atoms with van der Waals surface area (Å²) in [4.78, 5) is 0. The average Bonchev–Trinajstić information content (AvgIpc) is 2.42. The van der Waals surface area contributed by atoms with Crippen LogP contribution >= 0.6 is 15.9 Å². The highest BCUT2D eigenvalue weighted by molar-refractivity contribution is 9.10. The molecule has 0 saturated carbocycles. The summed E-state index contributed by atoms with van der Waals surface area (Å²) in [6.45, 7) is 2.86. The van der Waals surface area contributed by atoms with E-state index in [1.54, 1.807) is 6.07 Å². The second kappa shape index (κ2) is 5.59. The maximum absolute atomic E-state index is 13.0. The number of rotatable bonds is 1. The third kappa shape index (κ3) is 3.14. The Bertz CT molecular complexity index is 441. The minimum atomic E-state index is -0.824. The minimum absolute atomic E-state index is 0.0377. The van der Waals surface area contributed by atoms with Crippen LogP contribution in [0, 0.1) is 5.82 Å². The van der Waals surface area contributed by atoms with Crippen LogP contribution < -0.4 is 5.32 Å². The van der Waals surface area contributed by atoms with Crippen molar-refractivity contribution in [3.05, 3.63) is 34.1 Å². The molecule has 1 aliphatic heterocycles. The van der Waals surface area contributed by atoms with Gasteiger partial charge in [-0.05, 0) is 30.7 Å². The predicted octanol–water partition coefficient (Wildman–Crippen LogP) is 2.76. The summed E-state index contributed by atoms with van der Waals surface area (Å²) in [5.41, 5.74) is 0.980. The van der Waals surface area contributed by atoms with Gasteiger partial charge in [0.2, 0.25) is 0 Å². The number of benzene rings is 1. The molecule has 1 saturated heterocycles. The van der Waals surface area contributed by atoms with Gasteiger partial charge in [-0.2, -0.15) is 0 Å². The molecule has 0 aliphatic carbocycles. The van der Waals surface area contributed by atoms with Crippen LogP contribution in [-0.4, -0.2) is 21.8 Å². The van der Waals surface area contributed by atoms with Crippen LogP contribution in [0.2, 0.25) is 0 Å². The smallest absolute Gasteiger partial charge is 0.124 e. The summed E-state index contributed by atoms with van der Waals surface area (Å²) in [6, 6.07) is 4.69. The number of halogens is 2. The van der Waals surface area contributed by atoms with Gasteiger partial charge in [-0.15, -0.1) is 0 Å². The Hall–Kier alpha value is -0.260. The molecule has 1 N–H and O–H groups in total. The first-order valence-corrected chi connectivity index (χ1v) is 7.81. The highest BCUT2D eigenvalue weighted by Crippen LogP contribution is 2.27. The van der Waals surface area contributed by atoms with Crippen LogP contribution in [0.1, 0.15) is 24.9 Å². The van der Waals surface area contributed by atoms with Crippen molar-refractivity contribution in [2.24, 2.45) is 0 Å². The predicted molar refractivity (Wildman–Crippen MR) is 71.9 cm³/mol. The van der Waals surface area contributed by atoms with Crippen molar-refractivity contribution >= 4 is 26.7 Å². The molecule has 0 aromatic heterocycles. The summed E-state index contributed by atoms with van der Waals surface area (Å²) < 4.78 is 25.7. The zero-order chi connectivity index (χ0) is 12.4. The maximum Gasteiger partial charge on any atom is 0.124 e. The van der Waals surface area contributed by atoms with Gasteiger partial charge in [-0.3, -0.25) is 4.21 Å². The number of hydrogen-bond acceptors (Lipinski definition) is 2. The lowest BCUT2D eigenvalue weighted by Crippen LogP contribution is -2.24. The molecule has 1 heterocycles. The van der Waals surface area contributed by atoms with Crippen molar-refractivity contribution in [2.75, 3.05) is 12.3 Å². The second-order valence-electron chi connectivity index (χ2n) is 4.32. The van der Waals surface area contributed by atoms with E-state index in [0.717, 1.165) is 23.0 Å². The summed E-state index contributed by atoms with van der Waals surface area (Å²) in [5.74, 6) is 0.328. The highest BCUT2D eigenvalue weighted by atomic mass is 79.9. The molecule has 1 aromatic carbocycles. The van der Waals surface area contributed by atoms with Crippen LogP contribution in [0.25, 0.3) is 0 Å². The van der Waals surface area contributed by atoms with Crippen molar-refractivity contribution in [1.29, 1.82) is 0 Å². The third-order valence-electron chi connectivity index (χ3n) is 3.06. The molecule has 2 rings (SSSR count). The number of hydrogen-bond donors (Lipinski definition) is 1. The zero-order valence-electron chi connectivity index (χ0n) is 9.58. The van der Waals surface area contributed by atoms with E-state index in [2.05, 4.69) is 21.2 Å². The fraction of sp³-hybridized carbons (Fsp3) is 0.500. The monoisotopic (exact) mass is 319 g/mol. The van der Waals surface area contributed by atoms with Crippen molar-refractivity contribution in [3.8, 4) is 0 Å². The van der Waals surface area contributed by atoms with Gasteiger partial charge in [0.25, 0.3) is 0 Å². The normalized spacial score (nSPS) is 29.9. The third-order valence-corrected chi connectivity index (χ3v) is 5.54. The van der Waals surface area contributed by atoms with E-state index in [0.29, 0.717) is 5.75 Å². The molecular weight excluding hydrogens is 305 g/mol. The molecule has 5 heteroatoms. The first-order valence-electron chi connectivity index (χ1n) is 5.63. The van der Waals surface area contributed by atoms with E-state index in [4.69, 9.17) is 0 Å². The van der Waals surface area contributed by atoms with E-state index in [1.807, 2.05) is 6.92 Å². The van der Waals surface area contributed by atoms with Crippen molar-refractivity contribution in [1.82, 2.24) is 5.32 Å². The van der Waals surface area contributed by atoms with E-state index in [-0.39, 0.29) is 17.1 Å². The highest BCUT2D eigenvalue weighted by Gasteiger charge is 2.24. The Morgan fingerprint density at radius 2 is 2.29 bits per heavy atom. The van der Waals surface area contributed by atoms with Crippen LogP contribution in [0.15, 0.2) is 22.7 Å². The van der Waals surface area contributed by atoms with E-state index < -0.39 is 10.8 Å². The van der Waals surface area contributed by atoms with Crippen molar-refractivity contribution in [3.63, 3.8) is 0 Å². The van der Waals surface area contributed by atoms with Crippen LogP contribution in [0.5, 0.6) is 0 Å². The Morgan fingerprint density at radius 3 is 3.00 bits per heavy atom. The van der Waals surface area contributed by atoms with Crippen LogP contribution in [0.4, 0.5) is 4.39 Å². The summed E-state index contributed by atoms with van der Waals surface area (Å²) >= 11 is 3.36. The Balaban J connectivity index is 2.24. The summed E-state index contributed by atoms with van der Waals surface area (Å²) in [6.07, 6.45) is 0.919. The second-order valence-corrected chi connectivity index (χ2v) is 7.07. The molecule has 0 spiro atoms. The molecule has 0 radical (unpaired) electrons. The van der Waals surface area contributed by atoms with Crippen molar-refractivity contribution < 1.29 is 8.60 Å². The Kier molecular flexibility index (Phi) is 4.33. The maximum atomic E-state index is 13.0. The molecule has 94 valence electrons. The first kappa shape index (κ1) is 13.2. The Morgan fingerprint density at radius 1 is 1.53 bits per heavy atom. The zero-order valence-corrected chi connectivity index (χ0v) is 12.0. The molecule has 1 aromatic rings. The van der Waals surface area contributed by atoms with Gasteiger partial charge in [0.15, 0.2) is 0 Å². The van der Waals surface area contributed by atoms with Gasteiger partial charge in [0.05, 0.1) is 0 Å². The molecule has 1 fully saturated rings. The molecule has 3 atom stereocenters. The molecular formula is C12H15BrFNOS. The van der Waals surface area contributed by atoms with E-state index in [9.17, 15) is 8.60 Å². The van der Waals surface area contributed by atoms with Gasteiger partial charge in [0, 0.05) is 32.3 Å². The lowest BCUT2D eigenvalue weighted by atomic mass is 10.1. The molecule has 3 unspecified atom stereocenters. The summed E-state index contributed by atoms with van der Waals surface area (Å²) in [5, 5.41) is 3.60. The van der Waals surface area contributed by atoms with Gasteiger partial charge in [-0.1, -0.05) is 28.9 Å². The van der Waals surface area contributed by atoms with Gasteiger partial charge >= 0.3 is 0 Å². The quantitative estimate of drug-likeness (QED) is 0.862. The molecule has 2 nitrogen and oxygen atoms in total. The van der Waals surface area contributed by atoms with Gasteiger partial charge in [0.1, 0.15) is 5.82 Å². The average molecular weight is 320 g/mol. The lowest BCUT2D eigenvalue weighted by molar-refractivity contribution is 0.573. The molecule has 1 aliphatic rings. The number of nitrogens with one attached hydrogen (secondary N) is 1. The first-order chi connectivity index (χ1) is 8.08. The molecule has 0 amide bonds. The van der Waals surface area contributed by atoms with Crippen LogP contribution in [-0.2, 0) is 10.8 Å². The topological polar surface area (TPSA) is 29.1 Å². The fourth-order valence-corrected chi connectivity index (χ4v) is 3.93. The SMILES string of the molecule is CC1CCNC(c2ccc(F)cc2Br)CS1=O. The largest absolute Gasteiger partial charge is 0.309 e.